The number of nitrogens with zero attached hydrogens (tertiary/aromatic N) is 4. The monoisotopic (exact) mass is 374 g/mol. The molecule has 0 aliphatic heterocycles. The van der Waals surface area contributed by atoms with E-state index in [0.717, 1.165) is 34.4 Å². The molecule has 1 aromatic heterocycles. The van der Waals surface area contributed by atoms with Crippen LogP contribution in [-0.4, -0.2) is 14.8 Å². The number of benzene rings is 3. The fraction of sp³-hybridized carbons (Fsp3) is 0.143. The highest BCUT2D eigenvalue weighted by Crippen LogP contribution is 2.31. The fourth-order valence-electron chi connectivity index (χ4n) is 3.10. The largest absolute Gasteiger partial charge is 0.302 e. The Morgan fingerprint density at radius 3 is 2.52 bits per heavy atom. The van der Waals surface area contributed by atoms with E-state index in [4.69, 9.17) is 0 Å². The first kappa shape index (κ1) is 17.4. The van der Waals surface area contributed by atoms with Crippen molar-refractivity contribution in [2.75, 3.05) is 0 Å². The number of hydrogen-bond acceptors (Lipinski definition) is 5. The van der Waals surface area contributed by atoms with Crippen molar-refractivity contribution in [3.05, 3.63) is 77.2 Å². The van der Waals surface area contributed by atoms with E-state index in [-0.39, 0.29) is 0 Å². The number of fused-ring (bicyclic) bond motifs is 1. The molecule has 4 aromatic rings. The van der Waals surface area contributed by atoms with Crippen LogP contribution in [0.5, 0.6) is 0 Å². The van der Waals surface area contributed by atoms with Gasteiger partial charge in [0.25, 0.3) is 0 Å². The maximum Gasteiger partial charge on any atom is 0.191 e. The van der Waals surface area contributed by atoms with Gasteiger partial charge in [0, 0.05) is 17.9 Å². The van der Waals surface area contributed by atoms with Crippen LogP contribution in [0, 0.1) is 4.91 Å². The molecule has 0 saturated carbocycles. The van der Waals surface area contributed by atoms with Gasteiger partial charge in [-0.05, 0) is 40.6 Å². The Kier molecular flexibility index (Phi) is 4.98. The first-order valence-corrected chi connectivity index (χ1v) is 9.75. The minimum atomic E-state index is 0.443. The maximum absolute atomic E-state index is 10.5. The van der Waals surface area contributed by atoms with Gasteiger partial charge < -0.3 is 4.57 Å². The van der Waals surface area contributed by atoms with Crippen molar-refractivity contribution in [1.82, 2.24) is 14.8 Å². The Bertz CT molecular complexity index is 1080. The van der Waals surface area contributed by atoms with Gasteiger partial charge in [0.1, 0.15) is 5.69 Å². The average Bonchev–Trinajstić information content (AvgIpc) is 3.15. The van der Waals surface area contributed by atoms with Crippen molar-refractivity contribution in [2.45, 2.75) is 24.4 Å². The summed E-state index contributed by atoms with van der Waals surface area (Å²) in [6, 6.07) is 21.9. The van der Waals surface area contributed by atoms with Crippen LogP contribution < -0.4 is 0 Å². The predicted molar refractivity (Wildman–Crippen MR) is 110 cm³/mol. The average molecular weight is 374 g/mol. The second-order valence-corrected chi connectivity index (χ2v) is 7.07. The van der Waals surface area contributed by atoms with Crippen molar-refractivity contribution < 1.29 is 0 Å². The van der Waals surface area contributed by atoms with E-state index in [1.54, 1.807) is 23.9 Å². The van der Waals surface area contributed by atoms with Crippen LogP contribution >= 0.6 is 11.8 Å². The molecule has 0 saturated heterocycles. The molecule has 0 amide bonds. The number of hydrogen-bond donors (Lipinski definition) is 0. The molecule has 6 heteroatoms. The molecule has 27 heavy (non-hydrogen) atoms. The molecule has 134 valence electrons. The topological polar surface area (TPSA) is 60.1 Å². The van der Waals surface area contributed by atoms with E-state index in [1.807, 2.05) is 24.3 Å². The lowest BCUT2D eigenvalue weighted by molar-refractivity contribution is 0.687. The van der Waals surface area contributed by atoms with E-state index >= 15 is 0 Å². The van der Waals surface area contributed by atoms with Crippen LogP contribution in [0.4, 0.5) is 5.69 Å². The normalized spacial score (nSPS) is 11.0. The Morgan fingerprint density at radius 2 is 1.74 bits per heavy atom. The van der Waals surface area contributed by atoms with Crippen LogP contribution in [0.15, 0.2) is 77.1 Å². The van der Waals surface area contributed by atoms with Gasteiger partial charge in [-0.25, -0.2) is 0 Å². The van der Waals surface area contributed by atoms with Gasteiger partial charge in [0.15, 0.2) is 11.0 Å². The first-order chi connectivity index (χ1) is 13.3. The highest BCUT2D eigenvalue weighted by Gasteiger charge is 2.15. The summed E-state index contributed by atoms with van der Waals surface area (Å²) in [4.78, 5) is 10.5. The number of rotatable bonds is 6. The lowest BCUT2D eigenvalue weighted by Crippen LogP contribution is -2.00. The number of thioether (sulfide) groups is 1. The quantitative estimate of drug-likeness (QED) is 0.316. The summed E-state index contributed by atoms with van der Waals surface area (Å²) in [5.74, 6) is 1.64. The van der Waals surface area contributed by atoms with E-state index in [0.29, 0.717) is 5.69 Å². The van der Waals surface area contributed by atoms with Crippen molar-refractivity contribution in [3.8, 4) is 11.4 Å². The Balaban J connectivity index is 1.64. The van der Waals surface area contributed by atoms with Gasteiger partial charge in [-0.15, -0.1) is 15.1 Å². The molecule has 0 spiro atoms. The molecule has 5 nitrogen and oxygen atoms in total. The Hall–Kier alpha value is -2.99. The fourth-order valence-corrected chi connectivity index (χ4v) is 4.06. The summed E-state index contributed by atoms with van der Waals surface area (Å²) in [5, 5.41) is 15.1. The van der Waals surface area contributed by atoms with Crippen molar-refractivity contribution in [1.29, 1.82) is 0 Å². The molecule has 0 bridgehead atoms. The third kappa shape index (κ3) is 3.48. The molecule has 0 aliphatic carbocycles. The maximum atomic E-state index is 10.5. The summed E-state index contributed by atoms with van der Waals surface area (Å²) in [7, 11) is 0. The third-order valence-electron chi connectivity index (χ3n) is 4.47. The first-order valence-electron chi connectivity index (χ1n) is 8.76. The van der Waals surface area contributed by atoms with Gasteiger partial charge in [-0.1, -0.05) is 66.4 Å². The summed E-state index contributed by atoms with van der Waals surface area (Å²) in [6.07, 6.45) is 0. The zero-order chi connectivity index (χ0) is 18.6. The molecule has 0 N–H and O–H groups in total. The second kappa shape index (κ2) is 7.72. The zero-order valence-corrected chi connectivity index (χ0v) is 15.7. The minimum absolute atomic E-state index is 0.443. The van der Waals surface area contributed by atoms with E-state index in [2.05, 4.69) is 57.2 Å². The molecule has 0 fully saturated rings. The molecule has 0 atom stereocenters. The van der Waals surface area contributed by atoms with Gasteiger partial charge in [0.05, 0.1) is 0 Å². The van der Waals surface area contributed by atoms with Crippen LogP contribution in [0.1, 0.15) is 12.5 Å². The molecular weight excluding hydrogens is 356 g/mol. The van der Waals surface area contributed by atoms with Gasteiger partial charge >= 0.3 is 0 Å². The molecule has 1 heterocycles. The van der Waals surface area contributed by atoms with Crippen molar-refractivity contribution in [3.63, 3.8) is 0 Å². The highest BCUT2D eigenvalue weighted by molar-refractivity contribution is 7.98. The molecule has 0 radical (unpaired) electrons. The van der Waals surface area contributed by atoms with Gasteiger partial charge in [-0.3, -0.25) is 0 Å². The third-order valence-corrected chi connectivity index (χ3v) is 5.51. The van der Waals surface area contributed by atoms with E-state index in [9.17, 15) is 4.91 Å². The van der Waals surface area contributed by atoms with Crippen molar-refractivity contribution in [2.24, 2.45) is 5.18 Å². The van der Waals surface area contributed by atoms with Crippen molar-refractivity contribution >= 4 is 28.2 Å². The summed E-state index contributed by atoms with van der Waals surface area (Å²) < 4.78 is 2.15. The zero-order valence-electron chi connectivity index (χ0n) is 14.9. The van der Waals surface area contributed by atoms with Crippen LogP contribution in [0.2, 0.25) is 0 Å². The summed E-state index contributed by atoms with van der Waals surface area (Å²) >= 11 is 1.64. The molecule has 4 rings (SSSR count). The second-order valence-electron chi connectivity index (χ2n) is 6.12. The predicted octanol–water partition coefficient (Wildman–Crippen LogP) is 5.81. The lowest BCUT2D eigenvalue weighted by Gasteiger charge is -2.09. The van der Waals surface area contributed by atoms with Gasteiger partial charge in [-0.2, -0.15) is 0 Å². The van der Waals surface area contributed by atoms with E-state index in [1.165, 1.54) is 10.8 Å². The lowest BCUT2D eigenvalue weighted by atomic mass is 10.0. The Labute approximate surface area is 161 Å². The Morgan fingerprint density at radius 1 is 0.963 bits per heavy atom. The molecule has 0 unspecified atom stereocenters. The highest BCUT2D eigenvalue weighted by atomic mass is 32.2. The minimum Gasteiger partial charge on any atom is -0.302 e. The molecule has 0 aliphatic rings. The van der Waals surface area contributed by atoms with Crippen LogP contribution in [-0.2, 0) is 12.3 Å². The number of nitroso groups, excluding NO2 is 1. The summed E-state index contributed by atoms with van der Waals surface area (Å²) in [6.45, 7) is 2.90. The number of aromatic nitrogens is 3. The van der Waals surface area contributed by atoms with Crippen LogP contribution in [0.25, 0.3) is 22.2 Å². The SMILES string of the molecule is CCn1c(SCc2ccc(N=O)cc2)nnc1-c1cccc2ccccc12. The molecule has 3 aromatic carbocycles. The van der Waals surface area contributed by atoms with E-state index < -0.39 is 0 Å². The summed E-state index contributed by atoms with van der Waals surface area (Å²) in [5.41, 5.74) is 2.65. The standard InChI is InChI=1S/C21H18N4OS/c1-2-25-20(19-9-5-7-16-6-3-4-8-18(16)19)22-23-21(25)27-14-15-10-12-17(24-26)13-11-15/h3-13H,2,14H2,1H3. The molecular formula is C21H18N4OS. The van der Waals surface area contributed by atoms with Gasteiger partial charge in [0.2, 0.25) is 0 Å². The van der Waals surface area contributed by atoms with Crippen LogP contribution in [0.3, 0.4) is 0 Å². The smallest absolute Gasteiger partial charge is 0.191 e.